The zero-order valence-corrected chi connectivity index (χ0v) is 10.0. The predicted octanol–water partition coefficient (Wildman–Crippen LogP) is 2.91. The monoisotopic (exact) mass is 257 g/mol. The van der Waals surface area contributed by atoms with Crippen molar-refractivity contribution in [3.8, 4) is 11.3 Å². The Bertz CT molecular complexity index is 593. The lowest BCUT2D eigenvalue weighted by Gasteiger charge is -2.02. The van der Waals surface area contributed by atoms with Crippen LogP contribution in [0, 0.1) is 18.6 Å². The van der Waals surface area contributed by atoms with Crippen LogP contribution < -0.4 is 5.73 Å². The molecule has 90 valence electrons. The third kappa shape index (κ3) is 1.86. The van der Waals surface area contributed by atoms with Crippen LogP contribution in [0.5, 0.6) is 0 Å². The standard InChI is InChI=1S/C11H10ClF2N3/c1-5-10(16-17(2)11(5)15)6-3-9(14)7(12)4-8(6)13/h3-4H,15H2,1-2H3. The summed E-state index contributed by atoms with van der Waals surface area (Å²) < 4.78 is 28.4. The fraction of sp³-hybridized carbons (Fsp3) is 0.182. The first-order valence-electron chi connectivity index (χ1n) is 4.85. The third-order valence-electron chi connectivity index (χ3n) is 2.60. The van der Waals surface area contributed by atoms with Crippen molar-refractivity contribution < 1.29 is 8.78 Å². The molecule has 17 heavy (non-hydrogen) atoms. The Morgan fingerprint density at radius 1 is 1.29 bits per heavy atom. The number of anilines is 1. The number of hydrogen-bond acceptors (Lipinski definition) is 2. The second kappa shape index (κ2) is 4.00. The van der Waals surface area contributed by atoms with E-state index < -0.39 is 11.6 Å². The summed E-state index contributed by atoms with van der Waals surface area (Å²) in [7, 11) is 1.63. The molecule has 0 spiro atoms. The van der Waals surface area contributed by atoms with Crippen LogP contribution in [0.15, 0.2) is 12.1 Å². The molecule has 1 aromatic carbocycles. The SMILES string of the molecule is Cc1c(-c2cc(F)c(Cl)cc2F)nn(C)c1N. The van der Waals surface area contributed by atoms with Crippen LogP contribution in [-0.2, 0) is 7.05 Å². The molecule has 0 atom stereocenters. The molecular weight excluding hydrogens is 248 g/mol. The molecule has 1 heterocycles. The van der Waals surface area contributed by atoms with Crippen molar-refractivity contribution in [3.05, 3.63) is 34.4 Å². The topological polar surface area (TPSA) is 43.8 Å². The van der Waals surface area contributed by atoms with E-state index >= 15 is 0 Å². The number of halogens is 3. The molecule has 2 rings (SSSR count). The van der Waals surface area contributed by atoms with Crippen LogP contribution in [0.4, 0.5) is 14.6 Å². The second-order valence-corrected chi connectivity index (χ2v) is 4.14. The van der Waals surface area contributed by atoms with Crippen molar-refractivity contribution in [3.63, 3.8) is 0 Å². The Balaban J connectivity index is 2.68. The van der Waals surface area contributed by atoms with E-state index in [9.17, 15) is 8.78 Å². The second-order valence-electron chi connectivity index (χ2n) is 3.73. The average molecular weight is 258 g/mol. The van der Waals surface area contributed by atoms with Gasteiger partial charge in [-0.25, -0.2) is 8.78 Å². The van der Waals surface area contributed by atoms with E-state index in [4.69, 9.17) is 17.3 Å². The molecule has 0 fully saturated rings. The highest BCUT2D eigenvalue weighted by atomic mass is 35.5. The van der Waals surface area contributed by atoms with Crippen molar-refractivity contribution in [1.29, 1.82) is 0 Å². The van der Waals surface area contributed by atoms with E-state index in [1.807, 2.05) is 0 Å². The predicted molar refractivity (Wildman–Crippen MR) is 62.7 cm³/mol. The van der Waals surface area contributed by atoms with E-state index in [0.717, 1.165) is 12.1 Å². The summed E-state index contributed by atoms with van der Waals surface area (Å²) in [6, 6.07) is 1.95. The molecule has 2 aromatic rings. The first-order chi connectivity index (χ1) is 7.91. The van der Waals surface area contributed by atoms with Crippen molar-refractivity contribution in [2.75, 3.05) is 5.73 Å². The summed E-state index contributed by atoms with van der Waals surface area (Å²) in [5, 5.41) is 3.80. The van der Waals surface area contributed by atoms with E-state index in [1.54, 1.807) is 14.0 Å². The van der Waals surface area contributed by atoms with Gasteiger partial charge in [-0.15, -0.1) is 0 Å². The molecule has 0 aliphatic heterocycles. The zero-order valence-electron chi connectivity index (χ0n) is 9.26. The molecular formula is C11H10ClF2N3. The lowest BCUT2D eigenvalue weighted by molar-refractivity contribution is 0.602. The van der Waals surface area contributed by atoms with Gasteiger partial charge in [-0.3, -0.25) is 4.68 Å². The highest BCUT2D eigenvalue weighted by Gasteiger charge is 2.17. The molecule has 3 nitrogen and oxygen atoms in total. The molecule has 0 aliphatic rings. The number of nitrogen functional groups attached to an aromatic ring is 1. The van der Waals surface area contributed by atoms with Gasteiger partial charge in [-0.1, -0.05) is 11.6 Å². The molecule has 0 bridgehead atoms. The van der Waals surface area contributed by atoms with E-state index in [2.05, 4.69) is 5.10 Å². The minimum atomic E-state index is -0.688. The quantitative estimate of drug-likeness (QED) is 0.799. The minimum Gasteiger partial charge on any atom is -0.384 e. The fourth-order valence-electron chi connectivity index (χ4n) is 1.60. The largest absolute Gasteiger partial charge is 0.384 e. The molecule has 0 unspecified atom stereocenters. The van der Waals surface area contributed by atoms with Crippen molar-refractivity contribution in [1.82, 2.24) is 9.78 Å². The highest BCUT2D eigenvalue weighted by Crippen LogP contribution is 2.30. The van der Waals surface area contributed by atoms with E-state index in [-0.39, 0.29) is 10.6 Å². The summed E-state index contributed by atoms with van der Waals surface area (Å²) in [5.41, 5.74) is 6.69. The fourth-order valence-corrected chi connectivity index (χ4v) is 1.75. The minimum absolute atomic E-state index is 0.0525. The molecule has 0 saturated carbocycles. The summed E-state index contributed by atoms with van der Waals surface area (Å²) in [6.45, 7) is 1.70. The molecule has 2 N–H and O–H groups in total. The van der Waals surface area contributed by atoms with Crippen LogP contribution >= 0.6 is 11.6 Å². The van der Waals surface area contributed by atoms with Crippen molar-refractivity contribution in [2.24, 2.45) is 7.05 Å². The maximum absolute atomic E-state index is 13.7. The number of benzene rings is 1. The van der Waals surface area contributed by atoms with Gasteiger partial charge in [-0.2, -0.15) is 5.10 Å². The van der Waals surface area contributed by atoms with Gasteiger partial charge in [0, 0.05) is 18.2 Å². The maximum Gasteiger partial charge on any atom is 0.142 e. The molecule has 1 aromatic heterocycles. The van der Waals surface area contributed by atoms with Gasteiger partial charge >= 0.3 is 0 Å². The van der Waals surface area contributed by atoms with Crippen LogP contribution in [0.25, 0.3) is 11.3 Å². The molecule has 6 heteroatoms. The molecule has 0 aliphatic carbocycles. The Morgan fingerprint density at radius 3 is 2.47 bits per heavy atom. The van der Waals surface area contributed by atoms with Gasteiger partial charge in [0.2, 0.25) is 0 Å². The Morgan fingerprint density at radius 2 is 1.94 bits per heavy atom. The van der Waals surface area contributed by atoms with Gasteiger partial charge in [0.05, 0.1) is 5.02 Å². The van der Waals surface area contributed by atoms with Crippen LogP contribution in [0.3, 0.4) is 0 Å². The summed E-state index contributed by atoms with van der Waals surface area (Å²) in [5.74, 6) is -0.904. The van der Waals surface area contributed by atoms with Gasteiger partial charge < -0.3 is 5.73 Å². The lowest BCUT2D eigenvalue weighted by Crippen LogP contribution is -1.97. The third-order valence-corrected chi connectivity index (χ3v) is 2.89. The Kier molecular flexibility index (Phi) is 2.79. The van der Waals surface area contributed by atoms with Crippen LogP contribution in [0.1, 0.15) is 5.56 Å². The average Bonchev–Trinajstić information content (AvgIpc) is 2.51. The Labute approximate surface area is 102 Å². The molecule has 0 amide bonds. The summed E-state index contributed by atoms with van der Waals surface area (Å²) in [6.07, 6.45) is 0. The van der Waals surface area contributed by atoms with Crippen molar-refractivity contribution in [2.45, 2.75) is 6.92 Å². The number of aryl methyl sites for hydroxylation is 1. The first-order valence-corrected chi connectivity index (χ1v) is 5.23. The van der Waals surface area contributed by atoms with Crippen LogP contribution in [-0.4, -0.2) is 9.78 Å². The van der Waals surface area contributed by atoms with Crippen molar-refractivity contribution >= 4 is 17.4 Å². The van der Waals surface area contributed by atoms with E-state index in [0.29, 0.717) is 17.1 Å². The number of nitrogens with two attached hydrogens (primary N) is 1. The smallest absolute Gasteiger partial charge is 0.142 e. The Hall–Kier alpha value is -1.62. The maximum atomic E-state index is 13.7. The van der Waals surface area contributed by atoms with Crippen LogP contribution in [0.2, 0.25) is 5.02 Å². The van der Waals surface area contributed by atoms with Gasteiger partial charge in [-0.05, 0) is 19.1 Å². The summed E-state index contributed by atoms with van der Waals surface area (Å²) >= 11 is 5.48. The first kappa shape index (κ1) is 11.9. The lowest BCUT2D eigenvalue weighted by atomic mass is 10.1. The normalized spacial score (nSPS) is 10.9. The number of nitrogens with zero attached hydrogens (tertiary/aromatic N) is 2. The zero-order chi connectivity index (χ0) is 12.7. The highest BCUT2D eigenvalue weighted by molar-refractivity contribution is 6.30. The number of hydrogen-bond donors (Lipinski definition) is 1. The number of aromatic nitrogens is 2. The van der Waals surface area contributed by atoms with Gasteiger partial charge in [0.25, 0.3) is 0 Å². The van der Waals surface area contributed by atoms with Gasteiger partial charge in [0.15, 0.2) is 0 Å². The van der Waals surface area contributed by atoms with Gasteiger partial charge in [0.1, 0.15) is 23.1 Å². The van der Waals surface area contributed by atoms with E-state index in [1.165, 1.54) is 4.68 Å². The molecule has 0 saturated heterocycles. The number of rotatable bonds is 1. The summed E-state index contributed by atoms with van der Waals surface area (Å²) in [4.78, 5) is 0. The molecule has 0 radical (unpaired) electrons.